The van der Waals surface area contributed by atoms with Gasteiger partial charge in [-0.1, -0.05) is 35.3 Å². The van der Waals surface area contributed by atoms with Gasteiger partial charge in [0.1, 0.15) is 5.69 Å². The average molecular weight is 656 g/mol. The van der Waals surface area contributed by atoms with E-state index < -0.39 is 86.4 Å². The number of aliphatic hydroxyl groups is 1. The van der Waals surface area contributed by atoms with E-state index >= 15 is 0 Å². The molecule has 1 aromatic carbocycles. The molecule has 6 nitrogen and oxygen atoms in total. The lowest BCUT2D eigenvalue weighted by Gasteiger charge is -2.35. The molecule has 1 saturated heterocycles. The lowest BCUT2D eigenvalue weighted by atomic mass is 9.80. The van der Waals surface area contributed by atoms with Crippen LogP contribution in [0, 0.1) is 0 Å². The van der Waals surface area contributed by atoms with Crippen LogP contribution in [0.15, 0.2) is 12.1 Å². The van der Waals surface area contributed by atoms with Crippen molar-refractivity contribution in [3.63, 3.8) is 0 Å². The number of rotatable bonds is 6. The fourth-order valence-electron chi connectivity index (χ4n) is 4.11. The average Bonchev–Trinajstić information content (AvgIpc) is 3.36. The highest BCUT2D eigenvalue weighted by molar-refractivity contribution is 7.17. The SMILES string of the molecule is C[C@H]1CC(F)(F)CN1C(=O)c1nc(C(=O)NCC(C)(C)O)sc1-c1ccc(C(C)(C(F)(F)F)C(F)(F)F)c(Cl)c1Cl. The molecule has 0 bridgehead atoms. The summed E-state index contributed by atoms with van der Waals surface area (Å²) < 4.78 is 110. The summed E-state index contributed by atoms with van der Waals surface area (Å²) in [6.07, 6.45) is -12.4. The number of aromatic nitrogens is 1. The number of carbonyl (C=O) groups is 2. The van der Waals surface area contributed by atoms with Gasteiger partial charge in [-0.15, -0.1) is 11.3 Å². The Morgan fingerprint density at radius 1 is 1.10 bits per heavy atom. The van der Waals surface area contributed by atoms with Crippen molar-refractivity contribution >= 4 is 46.4 Å². The van der Waals surface area contributed by atoms with E-state index in [1.54, 1.807) is 0 Å². The van der Waals surface area contributed by atoms with E-state index in [-0.39, 0.29) is 23.9 Å². The van der Waals surface area contributed by atoms with Crippen LogP contribution in [-0.4, -0.2) is 69.8 Å². The number of carbonyl (C=O) groups excluding carboxylic acids is 2. The topological polar surface area (TPSA) is 82.5 Å². The second-order valence-electron chi connectivity index (χ2n) is 10.4. The number of alkyl halides is 8. The van der Waals surface area contributed by atoms with Crippen molar-refractivity contribution in [1.29, 1.82) is 0 Å². The van der Waals surface area contributed by atoms with Crippen LogP contribution in [0.25, 0.3) is 10.4 Å². The largest absolute Gasteiger partial charge is 0.406 e. The van der Waals surface area contributed by atoms with Crippen LogP contribution in [0.3, 0.4) is 0 Å². The number of amides is 2. The van der Waals surface area contributed by atoms with Gasteiger partial charge in [0.05, 0.1) is 27.1 Å². The minimum Gasteiger partial charge on any atom is -0.389 e. The molecular weight excluding hydrogens is 633 g/mol. The van der Waals surface area contributed by atoms with E-state index in [1.807, 2.05) is 0 Å². The zero-order valence-corrected chi connectivity index (χ0v) is 24.0. The highest BCUT2D eigenvalue weighted by Gasteiger charge is 2.69. The van der Waals surface area contributed by atoms with Crippen LogP contribution in [0.5, 0.6) is 0 Å². The van der Waals surface area contributed by atoms with E-state index in [4.69, 9.17) is 23.2 Å². The molecule has 41 heavy (non-hydrogen) atoms. The van der Waals surface area contributed by atoms with Crippen LogP contribution >= 0.6 is 34.5 Å². The minimum absolute atomic E-state index is 0.105. The zero-order chi connectivity index (χ0) is 31.5. The van der Waals surface area contributed by atoms with Gasteiger partial charge in [0.15, 0.2) is 10.4 Å². The number of thiazole rings is 1. The summed E-state index contributed by atoms with van der Waals surface area (Å²) in [5.74, 6) is -5.22. The number of nitrogens with one attached hydrogen (secondary N) is 1. The molecule has 228 valence electrons. The first-order valence-corrected chi connectivity index (χ1v) is 13.3. The molecule has 1 fully saturated rings. The molecule has 0 radical (unpaired) electrons. The van der Waals surface area contributed by atoms with Gasteiger partial charge in [0.2, 0.25) is 0 Å². The maximum atomic E-state index is 14.0. The van der Waals surface area contributed by atoms with Crippen molar-refractivity contribution in [2.75, 3.05) is 13.1 Å². The van der Waals surface area contributed by atoms with Crippen LogP contribution in [0.4, 0.5) is 35.1 Å². The molecule has 2 amide bonds. The van der Waals surface area contributed by atoms with E-state index in [0.29, 0.717) is 17.4 Å². The number of benzene rings is 1. The van der Waals surface area contributed by atoms with Gasteiger partial charge in [-0.2, -0.15) is 26.3 Å². The predicted octanol–water partition coefficient (Wildman–Crippen LogP) is 6.87. The first-order chi connectivity index (χ1) is 18.4. The summed E-state index contributed by atoms with van der Waals surface area (Å²) in [5, 5.41) is 9.88. The minimum atomic E-state index is -5.84. The van der Waals surface area contributed by atoms with Gasteiger partial charge in [0.25, 0.3) is 17.7 Å². The zero-order valence-electron chi connectivity index (χ0n) is 21.7. The molecule has 0 saturated carbocycles. The van der Waals surface area contributed by atoms with E-state index in [1.165, 1.54) is 20.8 Å². The Bertz CT molecular complexity index is 1340. The van der Waals surface area contributed by atoms with Crippen molar-refractivity contribution in [1.82, 2.24) is 15.2 Å². The molecule has 3 rings (SSSR count). The van der Waals surface area contributed by atoms with Crippen LogP contribution in [0.2, 0.25) is 10.0 Å². The Morgan fingerprint density at radius 3 is 2.12 bits per heavy atom. The molecule has 0 aliphatic carbocycles. The van der Waals surface area contributed by atoms with Crippen molar-refractivity contribution in [2.45, 2.75) is 69.4 Å². The van der Waals surface area contributed by atoms with Crippen molar-refractivity contribution in [2.24, 2.45) is 0 Å². The summed E-state index contributed by atoms with van der Waals surface area (Å²) >= 11 is 12.7. The number of hydrogen-bond donors (Lipinski definition) is 2. The highest BCUT2D eigenvalue weighted by Crippen LogP contribution is 2.55. The van der Waals surface area contributed by atoms with Crippen molar-refractivity contribution in [3.05, 3.63) is 38.4 Å². The molecule has 2 heterocycles. The number of nitrogens with zero attached hydrogens (tertiary/aromatic N) is 2. The Morgan fingerprint density at radius 2 is 1.66 bits per heavy atom. The fourth-order valence-corrected chi connectivity index (χ4v) is 5.79. The molecular formula is C24H23Cl2F8N3O3S. The monoisotopic (exact) mass is 655 g/mol. The van der Waals surface area contributed by atoms with E-state index in [9.17, 15) is 49.8 Å². The second kappa shape index (κ2) is 10.8. The smallest absolute Gasteiger partial charge is 0.389 e. The Kier molecular flexibility index (Phi) is 8.76. The molecule has 1 aromatic heterocycles. The third-order valence-electron chi connectivity index (χ3n) is 6.49. The maximum absolute atomic E-state index is 14.0. The lowest BCUT2D eigenvalue weighted by Crippen LogP contribution is -2.51. The third kappa shape index (κ3) is 6.42. The Labute approximate surface area is 242 Å². The summed E-state index contributed by atoms with van der Waals surface area (Å²) in [6.45, 7) is 2.73. The first-order valence-electron chi connectivity index (χ1n) is 11.7. The second-order valence-corrected chi connectivity index (χ2v) is 12.2. The maximum Gasteiger partial charge on any atom is 0.406 e. The molecule has 2 aromatic rings. The Balaban J connectivity index is 2.20. The van der Waals surface area contributed by atoms with Crippen LogP contribution < -0.4 is 5.32 Å². The standard InChI is InChI=1S/C24H23Cl2F8N3O3S/c1-10-7-22(27,28)9-37(10)19(39)15-16(41-18(36-15)17(38)35-8-20(2,3)40)11-5-6-12(14(26)13(11)25)21(4,23(29,30)31)24(32,33)34/h5-6,10,40H,7-9H2,1-4H3,(H,35,38)/t10-/m0/s1. The van der Waals surface area contributed by atoms with E-state index in [0.717, 1.165) is 11.0 Å². The summed E-state index contributed by atoms with van der Waals surface area (Å²) in [6, 6.07) is 0.226. The van der Waals surface area contributed by atoms with Gasteiger partial charge >= 0.3 is 12.4 Å². The van der Waals surface area contributed by atoms with Gasteiger partial charge < -0.3 is 15.3 Å². The Hall–Kier alpha value is -2.23. The van der Waals surface area contributed by atoms with Crippen molar-refractivity contribution in [3.8, 4) is 10.4 Å². The number of likely N-dealkylation sites (tertiary alicyclic amines) is 1. The molecule has 0 unspecified atom stereocenters. The molecule has 1 atom stereocenters. The quantitative estimate of drug-likeness (QED) is 0.333. The fraction of sp³-hybridized carbons (Fsp3) is 0.542. The van der Waals surface area contributed by atoms with Gasteiger partial charge in [-0.25, -0.2) is 13.8 Å². The lowest BCUT2D eigenvalue weighted by molar-refractivity contribution is -0.297. The first kappa shape index (κ1) is 33.3. The molecule has 17 heteroatoms. The van der Waals surface area contributed by atoms with Gasteiger partial charge in [-0.05, 0) is 33.3 Å². The summed E-state index contributed by atoms with van der Waals surface area (Å²) in [7, 11) is 0. The number of hydrogen-bond acceptors (Lipinski definition) is 5. The summed E-state index contributed by atoms with van der Waals surface area (Å²) in [5.41, 5.74) is -8.14. The van der Waals surface area contributed by atoms with Crippen molar-refractivity contribution < 1.29 is 49.8 Å². The van der Waals surface area contributed by atoms with Crippen LogP contribution in [-0.2, 0) is 5.41 Å². The summed E-state index contributed by atoms with van der Waals surface area (Å²) in [4.78, 5) is 30.5. The molecule has 0 spiro atoms. The predicted molar refractivity (Wildman–Crippen MR) is 136 cm³/mol. The van der Waals surface area contributed by atoms with Crippen LogP contribution in [0.1, 0.15) is 60.0 Å². The number of halogens is 10. The normalized spacial score (nSPS) is 18.1. The van der Waals surface area contributed by atoms with Gasteiger partial charge in [-0.3, -0.25) is 9.59 Å². The third-order valence-corrected chi connectivity index (χ3v) is 8.46. The molecule has 1 aliphatic heterocycles. The van der Waals surface area contributed by atoms with E-state index in [2.05, 4.69) is 10.3 Å². The highest BCUT2D eigenvalue weighted by atomic mass is 35.5. The molecule has 1 aliphatic rings. The molecule has 2 N–H and O–H groups in total. The van der Waals surface area contributed by atoms with Gasteiger partial charge in [0, 0.05) is 24.6 Å².